The lowest BCUT2D eigenvalue weighted by molar-refractivity contribution is -0.458. The summed E-state index contributed by atoms with van der Waals surface area (Å²) in [6.45, 7) is 1.47. The van der Waals surface area contributed by atoms with Crippen molar-refractivity contribution in [2.45, 2.75) is 6.92 Å². The van der Waals surface area contributed by atoms with Gasteiger partial charge in [0.15, 0.2) is 5.71 Å². The van der Waals surface area contributed by atoms with E-state index in [-0.39, 0.29) is 17.2 Å². The summed E-state index contributed by atoms with van der Waals surface area (Å²) in [4.78, 5) is 11.9. The summed E-state index contributed by atoms with van der Waals surface area (Å²) in [6, 6.07) is 8.95. The van der Waals surface area contributed by atoms with Crippen LogP contribution < -0.4 is 0 Å². The number of hydrazone groups is 1. The van der Waals surface area contributed by atoms with Gasteiger partial charge in [-0.05, 0) is 0 Å². The van der Waals surface area contributed by atoms with Crippen molar-refractivity contribution in [3.05, 3.63) is 41.1 Å². The van der Waals surface area contributed by atoms with Crippen molar-refractivity contribution in [2.75, 3.05) is 0 Å². The predicted molar refractivity (Wildman–Crippen MR) is 52.3 cm³/mol. The Balaban J connectivity index is 2.43. The molecule has 0 amide bonds. The van der Waals surface area contributed by atoms with Crippen molar-refractivity contribution in [3.8, 4) is 0 Å². The molecule has 2 rings (SSSR count). The van der Waals surface area contributed by atoms with E-state index in [0.29, 0.717) is 10.4 Å². The minimum absolute atomic E-state index is 0.115. The summed E-state index contributed by atoms with van der Waals surface area (Å²) in [7, 11) is 0. The topological polar surface area (TPSA) is 55.5 Å². The maximum atomic E-state index is 11.5. The molecule has 4 nitrogen and oxygen atoms in total. The average molecular weight is 188 g/mol. The molecule has 70 valence electrons. The van der Waals surface area contributed by atoms with Crippen molar-refractivity contribution in [3.63, 3.8) is 0 Å². The van der Waals surface area contributed by atoms with E-state index in [9.17, 15) is 10.0 Å². The first-order valence-electron chi connectivity index (χ1n) is 4.19. The highest BCUT2D eigenvalue weighted by Crippen LogP contribution is 2.07. The summed E-state index contributed by atoms with van der Waals surface area (Å²) in [5.41, 5.74) is 1.01. The molecule has 0 bridgehead atoms. The van der Waals surface area contributed by atoms with Gasteiger partial charge in [-0.3, -0.25) is 4.79 Å². The van der Waals surface area contributed by atoms with Crippen molar-refractivity contribution < 1.29 is 9.64 Å². The van der Waals surface area contributed by atoms with Crippen LogP contribution in [0, 0.1) is 5.21 Å². The zero-order valence-electron chi connectivity index (χ0n) is 7.60. The monoisotopic (exact) mass is 188 g/mol. The fraction of sp³-hybridized carbons (Fsp3) is 0.100. The Morgan fingerprint density at radius 1 is 1.29 bits per heavy atom. The quantitative estimate of drug-likeness (QED) is 0.486. The largest absolute Gasteiger partial charge is 0.594 e. The van der Waals surface area contributed by atoms with E-state index < -0.39 is 0 Å². The lowest BCUT2D eigenvalue weighted by Crippen LogP contribution is -2.19. The summed E-state index contributed by atoms with van der Waals surface area (Å²) >= 11 is 0. The molecule has 0 spiro atoms. The number of benzene rings is 1. The third-order valence-corrected chi connectivity index (χ3v) is 2.07. The minimum atomic E-state index is -0.300. The molecule has 0 saturated carbocycles. The number of nitrogens with zero attached hydrogens (tertiary/aromatic N) is 2. The van der Waals surface area contributed by atoms with E-state index in [1.165, 1.54) is 6.92 Å². The SMILES string of the molecule is CC1=[N+]([O-])N=C(c2ccccc2)C1=O. The average Bonchev–Trinajstić information content (AvgIpc) is 2.47. The fourth-order valence-electron chi connectivity index (χ4n) is 1.25. The van der Waals surface area contributed by atoms with Crippen LogP contribution in [0.15, 0.2) is 35.4 Å². The second-order valence-electron chi connectivity index (χ2n) is 3.00. The van der Waals surface area contributed by atoms with Gasteiger partial charge in [0, 0.05) is 17.6 Å². The number of hydrogen-bond donors (Lipinski definition) is 0. The number of ketones is 1. The molecule has 0 aromatic heterocycles. The van der Waals surface area contributed by atoms with Crippen molar-refractivity contribution in [1.82, 2.24) is 0 Å². The number of carbonyl (C=O) groups is 1. The molecule has 1 aromatic rings. The van der Waals surface area contributed by atoms with E-state index in [0.717, 1.165) is 0 Å². The standard InChI is InChI=1S/C10H8N2O2/c1-7-10(13)9(11-12(7)14)8-5-3-2-4-6-8/h2-6H,1H3. The molecule has 4 heteroatoms. The molecular formula is C10H8N2O2. The van der Waals surface area contributed by atoms with Gasteiger partial charge in [0.2, 0.25) is 0 Å². The highest BCUT2D eigenvalue weighted by molar-refractivity contribution is 6.69. The molecular weight excluding hydrogens is 180 g/mol. The fourth-order valence-corrected chi connectivity index (χ4v) is 1.25. The second kappa shape index (κ2) is 3.06. The molecule has 0 N–H and O–H groups in total. The van der Waals surface area contributed by atoms with Gasteiger partial charge in [0.25, 0.3) is 11.5 Å². The third kappa shape index (κ3) is 1.21. The van der Waals surface area contributed by atoms with Crippen molar-refractivity contribution in [2.24, 2.45) is 5.10 Å². The third-order valence-electron chi connectivity index (χ3n) is 2.07. The lowest BCUT2D eigenvalue weighted by Gasteiger charge is -1.93. The van der Waals surface area contributed by atoms with E-state index in [4.69, 9.17) is 0 Å². The molecule has 1 aliphatic heterocycles. The van der Waals surface area contributed by atoms with Gasteiger partial charge in [-0.15, -0.1) is 0 Å². The van der Waals surface area contributed by atoms with Crippen LogP contribution in [0.1, 0.15) is 12.5 Å². The Bertz CT molecular complexity index is 446. The lowest BCUT2D eigenvalue weighted by atomic mass is 10.1. The molecule has 0 atom stereocenters. The molecule has 1 aliphatic rings. The maximum absolute atomic E-state index is 11.5. The Hall–Kier alpha value is -1.97. The first-order chi connectivity index (χ1) is 6.70. The minimum Gasteiger partial charge on any atom is -0.594 e. The van der Waals surface area contributed by atoms with Gasteiger partial charge in [-0.2, -0.15) is 0 Å². The van der Waals surface area contributed by atoms with Crippen LogP contribution in [0.2, 0.25) is 0 Å². The van der Waals surface area contributed by atoms with Gasteiger partial charge >= 0.3 is 0 Å². The Morgan fingerprint density at radius 2 is 1.93 bits per heavy atom. The van der Waals surface area contributed by atoms with Gasteiger partial charge in [0.1, 0.15) is 0 Å². The van der Waals surface area contributed by atoms with Crippen LogP contribution in [-0.2, 0) is 4.79 Å². The van der Waals surface area contributed by atoms with Gasteiger partial charge in [0.05, 0.1) is 0 Å². The summed E-state index contributed by atoms with van der Waals surface area (Å²) in [5.74, 6) is -0.300. The number of hydrogen-bond acceptors (Lipinski definition) is 3. The van der Waals surface area contributed by atoms with E-state index in [1.807, 2.05) is 6.07 Å². The summed E-state index contributed by atoms with van der Waals surface area (Å²) < 4.78 is 0. The van der Waals surface area contributed by atoms with Crippen molar-refractivity contribution >= 4 is 17.2 Å². The number of carbonyl (C=O) groups excluding carboxylic acids is 1. The van der Waals surface area contributed by atoms with E-state index in [1.54, 1.807) is 24.3 Å². The number of rotatable bonds is 1. The molecule has 1 heterocycles. The summed E-state index contributed by atoms with van der Waals surface area (Å²) in [6.07, 6.45) is 0. The highest BCUT2D eigenvalue weighted by atomic mass is 16.5. The Labute approximate surface area is 80.8 Å². The van der Waals surface area contributed by atoms with Crippen LogP contribution in [0.3, 0.4) is 0 Å². The molecule has 14 heavy (non-hydrogen) atoms. The van der Waals surface area contributed by atoms with Crippen LogP contribution in [0.4, 0.5) is 0 Å². The number of Topliss-reactive ketones (excluding diaryl/α,β-unsaturated/α-hetero) is 1. The first-order valence-corrected chi connectivity index (χ1v) is 4.19. The van der Waals surface area contributed by atoms with Crippen LogP contribution >= 0.6 is 0 Å². The smallest absolute Gasteiger partial charge is 0.280 e. The van der Waals surface area contributed by atoms with Crippen molar-refractivity contribution in [1.29, 1.82) is 0 Å². The van der Waals surface area contributed by atoms with Crippen LogP contribution in [0.5, 0.6) is 0 Å². The highest BCUT2D eigenvalue weighted by Gasteiger charge is 2.30. The molecule has 0 aliphatic carbocycles. The summed E-state index contributed by atoms with van der Waals surface area (Å²) in [5, 5.41) is 14.7. The zero-order valence-corrected chi connectivity index (χ0v) is 7.60. The first kappa shape index (κ1) is 8.62. The zero-order chi connectivity index (χ0) is 10.1. The second-order valence-corrected chi connectivity index (χ2v) is 3.00. The van der Waals surface area contributed by atoms with Crippen LogP contribution in [-0.4, -0.2) is 22.1 Å². The molecule has 0 radical (unpaired) electrons. The normalized spacial score (nSPS) is 16.1. The molecule has 0 unspecified atom stereocenters. The Kier molecular flexibility index (Phi) is 1.89. The van der Waals surface area contributed by atoms with E-state index in [2.05, 4.69) is 5.10 Å². The molecule has 0 saturated heterocycles. The van der Waals surface area contributed by atoms with Gasteiger partial charge in [-0.25, -0.2) is 0 Å². The Morgan fingerprint density at radius 3 is 2.43 bits per heavy atom. The van der Waals surface area contributed by atoms with E-state index >= 15 is 0 Å². The molecule has 1 aromatic carbocycles. The van der Waals surface area contributed by atoms with Gasteiger partial charge in [-0.1, -0.05) is 35.2 Å². The molecule has 0 fully saturated rings. The van der Waals surface area contributed by atoms with Crippen LogP contribution in [0.25, 0.3) is 0 Å². The van der Waals surface area contributed by atoms with Gasteiger partial charge < -0.3 is 5.21 Å². The predicted octanol–water partition coefficient (Wildman–Crippen LogP) is 0.945. The maximum Gasteiger partial charge on any atom is 0.280 e.